The molecule has 3 nitrogen and oxygen atoms in total. The molecule has 0 fully saturated rings. The van der Waals surface area contributed by atoms with Crippen molar-refractivity contribution in [1.82, 2.24) is 4.57 Å². The summed E-state index contributed by atoms with van der Waals surface area (Å²) in [5.74, 6) is -0.226. The molecule has 0 bridgehead atoms. The number of fused-ring (bicyclic) bond motifs is 1. The zero-order valence-electron chi connectivity index (χ0n) is 15.4. The first kappa shape index (κ1) is 18.1. The lowest BCUT2D eigenvalue weighted by Crippen LogP contribution is -2.16. The molecule has 0 radical (unpaired) electrons. The summed E-state index contributed by atoms with van der Waals surface area (Å²) in [4.78, 5) is 17.8. The van der Waals surface area contributed by atoms with E-state index in [1.54, 1.807) is 0 Å². The first-order valence-electron chi connectivity index (χ1n) is 9.16. The largest absolute Gasteiger partial charge is 0.312 e. The highest BCUT2D eigenvalue weighted by Gasteiger charge is 2.08. The summed E-state index contributed by atoms with van der Waals surface area (Å²) < 4.78 is 3.13. The van der Waals surface area contributed by atoms with Crippen LogP contribution in [-0.4, -0.2) is 10.5 Å². The topological polar surface area (TPSA) is 34.4 Å². The van der Waals surface area contributed by atoms with Crippen molar-refractivity contribution >= 4 is 27.5 Å². The Morgan fingerprint density at radius 3 is 2.36 bits per heavy atom. The fraction of sp³-hybridized carbons (Fsp3) is 0.0833. The normalized spacial score (nSPS) is 11.6. The zero-order valence-corrected chi connectivity index (χ0v) is 16.2. The van der Waals surface area contributed by atoms with E-state index in [0.717, 1.165) is 16.6 Å². The molecule has 1 amide bonds. The van der Waals surface area contributed by atoms with Gasteiger partial charge in [-0.25, -0.2) is 0 Å². The Hall–Kier alpha value is -3.24. The minimum absolute atomic E-state index is 0.226. The number of hydrogen-bond donors (Lipinski definition) is 0. The van der Waals surface area contributed by atoms with Crippen molar-refractivity contribution in [2.24, 2.45) is 4.99 Å². The van der Waals surface area contributed by atoms with E-state index in [2.05, 4.69) is 23.7 Å². The molecule has 0 aliphatic heterocycles. The van der Waals surface area contributed by atoms with Gasteiger partial charge in [-0.2, -0.15) is 4.99 Å². The molecule has 0 spiro atoms. The van der Waals surface area contributed by atoms with Gasteiger partial charge in [0.05, 0.1) is 10.2 Å². The minimum Gasteiger partial charge on any atom is -0.312 e. The Kier molecular flexibility index (Phi) is 5.31. The third kappa shape index (κ3) is 3.87. The molecule has 0 unspecified atom stereocenters. The maximum Gasteiger partial charge on any atom is 0.279 e. The van der Waals surface area contributed by atoms with Crippen molar-refractivity contribution in [3.63, 3.8) is 0 Å². The summed E-state index contributed by atoms with van der Waals surface area (Å²) in [7, 11) is 0. The SMILES string of the molecule is C=CCn1c(=NC(=O)c2ccc(Cc3ccccc3)cc2)sc2ccccc21. The van der Waals surface area contributed by atoms with Crippen LogP contribution in [-0.2, 0) is 13.0 Å². The van der Waals surface area contributed by atoms with Crippen LogP contribution in [0.3, 0.4) is 0 Å². The van der Waals surface area contributed by atoms with Crippen molar-refractivity contribution < 1.29 is 4.79 Å². The van der Waals surface area contributed by atoms with Crippen LogP contribution in [0.4, 0.5) is 0 Å². The third-order valence-electron chi connectivity index (χ3n) is 4.55. The Balaban J connectivity index is 1.62. The molecular weight excluding hydrogens is 364 g/mol. The maximum absolute atomic E-state index is 12.7. The molecule has 3 aromatic carbocycles. The lowest BCUT2D eigenvalue weighted by molar-refractivity contribution is 0.0998. The first-order chi connectivity index (χ1) is 13.7. The lowest BCUT2D eigenvalue weighted by Gasteiger charge is -2.03. The van der Waals surface area contributed by atoms with Gasteiger partial charge in [0, 0.05) is 12.1 Å². The predicted molar refractivity (Wildman–Crippen MR) is 116 cm³/mol. The number of amides is 1. The van der Waals surface area contributed by atoms with Crippen LogP contribution in [0.15, 0.2) is 96.5 Å². The second-order valence-electron chi connectivity index (χ2n) is 6.53. The van der Waals surface area contributed by atoms with Crippen molar-refractivity contribution in [3.05, 3.63) is 113 Å². The molecule has 0 atom stereocenters. The quantitative estimate of drug-likeness (QED) is 0.434. The second kappa shape index (κ2) is 8.19. The molecule has 0 saturated carbocycles. The van der Waals surface area contributed by atoms with Gasteiger partial charge in [0.1, 0.15) is 0 Å². The summed E-state index contributed by atoms with van der Waals surface area (Å²) in [6.45, 7) is 4.44. The van der Waals surface area contributed by atoms with E-state index < -0.39 is 0 Å². The number of aromatic nitrogens is 1. The Morgan fingerprint density at radius 2 is 1.61 bits per heavy atom. The standard InChI is InChI=1S/C24H20N2OS/c1-2-16-26-21-10-6-7-11-22(21)28-24(26)25-23(27)20-14-12-19(13-15-20)17-18-8-4-3-5-9-18/h2-15H,1,16-17H2. The Labute approximate surface area is 167 Å². The Bertz CT molecular complexity index is 1180. The van der Waals surface area contributed by atoms with Gasteiger partial charge in [-0.05, 0) is 41.8 Å². The van der Waals surface area contributed by atoms with Gasteiger partial charge >= 0.3 is 0 Å². The van der Waals surface area contributed by atoms with Gasteiger partial charge in [-0.15, -0.1) is 6.58 Å². The number of benzene rings is 3. The van der Waals surface area contributed by atoms with Crippen LogP contribution in [0.25, 0.3) is 10.2 Å². The third-order valence-corrected chi connectivity index (χ3v) is 5.61. The van der Waals surface area contributed by atoms with Crippen LogP contribution >= 0.6 is 11.3 Å². The van der Waals surface area contributed by atoms with E-state index in [-0.39, 0.29) is 5.91 Å². The average molecular weight is 385 g/mol. The molecule has 138 valence electrons. The molecule has 4 rings (SSSR count). The predicted octanol–water partition coefficient (Wildman–Crippen LogP) is 5.22. The van der Waals surface area contributed by atoms with Crippen LogP contribution in [0.5, 0.6) is 0 Å². The molecule has 1 heterocycles. The smallest absolute Gasteiger partial charge is 0.279 e. The highest BCUT2D eigenvalue weighted by molar-refractivity contribution is 7.16. The molecule has 0 N–H and O–H groups in total. The van der Waals surface area contributed by atoms with Crippen LogP contribution in [0.2, 0.25) is 0 Å². The molecule has 0 saturated heterocycles. The van der Waals surface area contributed by atoms with Gasteiger partial charge in [-0.3, -0.25) is 4.79 Å². The monoisotopic (exact) mass is 384 g/mol. The molecule has 0 aliphatic carbocycles. The van der Waals surface area contributed by atoms with Gasteiger partial charge in [0.25, 0.3) is 5.91 Å². The van der Waals surface area contributed by atoms with E-state index >= 15 is 0 Å². The molecule has 28 heavy (non-hydrogen) atoms. The number of carbonyl (C=O) groups excluding carboxylic acids is 1. The molecule has 1 aromatic heterocycles. The van der Waals surface area contributed by atoms with E-state index in [1.807, 2.05) is 77.4 Å². The van der Waals surface area contributed by atoms with Crippen molar-refractivity contribution in [1.29, 1.82) is 0 Å². The summed E-state index contributed by atoms with van der Waals surface area (Å²) in [6, 6.07) is 26.1. The Morgan fingerprint density at radius 1 is 0.929 bits per heavy atom. The molecular formula is C24H20N2OS. The summed E-state index contributed by atoms with van der Waals surface area (Å²) in [5, 5.41) is 0. The number of carbonyl (C=O) groups is 1. The van der Waals surface area contributed by atoms with Crippen molar-refractivity contribution in [2.75, 3.05) is 0 Å². The molecule has 0 aliphatic rings. The number of thiazole rings is 1. The second-order valence-corrected chi connectivity index (χ2v) is 7.54. The highest BCUT2D eigenvalue weighted by atomic mass is 32.1. The van der Waals surface area contributed by atoms with E-state index in [1.165, 1.54) is 22.5 Å². The lowest BCUT2D eigenvalue weighted by atomic mass is 10.0. The highest BCUT2D eigenvalue weighted by Crippen LogP contribution is 2.17. The molecule has 4 aromatic rings. The number of allylic oxidation sites excluding steroid dienone is 1. The summed E-state index contributed by atoms with van der Waals surface area (Å²) in [5.41, 5.74) is 4.09. The first-order valence-corrected chi connectivity index (χ1v) is 9.97. The van der Waals surface area contributed by atoms with Gasteiger partial charge in [0.2, 0.25) is 0 Å². The van der Waals surface area contributed by atoms with Gasteiger partial charge < -0.3 is 4.57 Å². The molecule has 4 heteroatoms. The van der Waals surface area contributed by atoms with E-state index in [9.17, 15) is 4.79 Å². The number of para-hydroxylation sites is 1. The van der Waals surface area contributed by atoms with E-state index in [0.29, 0.717) is 16.9 Å². The fourth-order valence-electron chi connectivity index (χ4n) is 3.16. The minimum atomic E-state index is -0.226. The van der Waals surface area contributed by atoms with Crippen LogP contribution in [0, 0.1) is 0 Å². The summed E-state index contributed by atoms with van der Waals surface area (Å²) >= 11 is 1.52. The number of hydrogen-bond acceptors (Lipinski definition) is 2. The van der Waals surface area contributed by atoms with Crippen molar-refractivity contribution in [2.45, 2.75) is 13.0 Å². The fourth-order valence-corrected chi connectivity index (χ4v) is 4.20. The van der Waals surface area contributed by atoms with Gasteiger partial charge in [-0.1, -0.05) is 72.0 Å². The zero-order chi connectivity index (χ0) is 19.3. The van der Waals surface area contributed by atoms with Crippen LogP contribution < -0.4 is 4.80 Å². The maximum atomic E-state index is 12.7. The number of nitrogens with zero attached hydrogens (tertiary/aromatic N) is 2. The summed E-state index contributed by atoms with van der Waals surface area (Å²) in [6.07, 6.45) is 2.67. The number of rotatable bonds is 5. The van der Waals surface area contributed by atoms with Crippen LogP contribution in [0.1, 0.15) is 21.5 Å². The average Bonchev–Trinajstić information content (AvgIpc) is 3.07. The van der Waals surface area contributed by atoms with E-state index in [4.69, 9.17) is 0 Å². The van der Waals surface area contributed by atoms with Gasteiger partial charge in [0.15, 0.2) is 4.80 Å². The van der Waals surface area contributed by atoms with Crippen molar-refractivity contribution in [3.8, 4) is 0 Å².